The Labute approximate surface area is 354 Å². The SMILES string of the molecule is CCCCCCCCCCCCCCCCCCc1cccc([O-])c1Cc1c([O-])cccc1CCCCCCCCCCCCCCCCCC.[Ca+2]. The van der Waals surface area contributed by atoms with Gasteiger partial charge in [-0.05, 0) is 54.4 Å². The van der Waals surface area contributed by atoms with Crippen LogP contribution in [0.1, 0.15) is 242 Å². The molecule has 2 aromatic rings. The van der Waals surface area contributed by atoms with Gasteiger partial charge in [-0.2, -0.15) is 0 Å². The number of hydrogen-bond donors (Lipinski definition) is 0. The molecule has 0 aliphatic heterocycles. The molecule has 2 rings (SSSR count). The van der Waals surface area contributed by atoms with Crippen LogP contribution in [-0.2, 0) is 19.3 Å². The molecule has 0 saturated heterocycles. The quantitative estimate of drug-likeness (QED) is 0.0515. The minimum Gasteiger partial charge on any atom is -0.872 e. The summed E-state index contributed by atoms with van der Waals surface area (Å²) >= 11 is 0. The Balaban J connectivity index is 0.0000135. The van der Waals surface area contributed by atoms with Crippen molar-refractivity contribution in [3.63, 3.8) is 0 Å². The third-order valence-corrected chi connectivity index (χ3v) is 11.4. The zero-order chi connectivity index (χ0) is 36.5. The predicted octanol–water partition coefficient (Wildman–Crippen LogP) is 14.7. The Hall–Kier alpha value is -0.700. The molecule has 2 aromatic carbocycles. The van der Waals surface area contributed by atoms with E-state index in [-0.39, 0.29) is 49.2 Å². The van der Waals surface area contributed by atoms with Crippen LogP contribution in [0.5, 0.6) is 11.5 Å². The molecule has 0 bridgehead atoms. The molecule has 0 heterocycles. The van der Waals surface area contributed by atoms with E-state index in [1.54, 1.807) is 12.1 Å². The fourth-order valence-electron chi connectivity index (χ4n) is 8.00. The van der Waals surface area contributed by atoms with Crippen LogP contribution >= 0.6 is 0 Å². The molecule has 52 heavy (non-hydrogen) atoms. The van der Waals surface area contributed by atoms with E-state index < -0.39 is 0 Å². The summed E-state index contributed by atoms with van der Waals surface area (Å²) in [5, 5.41) is 26.1. The van der Waals surface area contributed by atoms with E-state index in [1.807, 2.05) is 12.1 Å². The van der Waals surface area contributed by atoms with Crippen LogP contribution in [0.3, 0.4) is 0 Å². The van der Waals surface area contributed by atoms with E-state index in [9.17, 15) is 10.2 Å². The van der Waals surface area contributed by atoms with Gasteiger partial charge in [0.25, 0.3) is 0 Å². The molecule has 2 nitrogen and oxygen atoms in total. The smallest absolute Gasteiger partial charge is 0.872 e. The maximum atomic E-state index is 13.1. The second kappa shape index (κ2) is 36.0. The van der Waals surface area contributed by atoms with Crippen LogP contribution in [0.15, 0.2) is 36.4 Å². The monoisotopic (exact) mass is 743 g/mol. The maximum Gasteiger partial charge on any atom is 2.00 e. The molecule has 0 N–H and O–H groups in total. The first-order valence-corrected chi connectivity index (χ1v) is 22.7. The number of unbranched alkanes of at least 4 members (excludes halogenated alkanes) is 30. The van der Waals surface area contributed by atoms with Gasteiger partial charge in [0.05, 0.1) is 0 Å². The van der Waals surface area contributed by atoms with Gasteiger partial charge in [-0.25, -0.2) is 0 Å². The van der Waals surface area contributed by atoms with Crippen molar-refractivity contribution in [2.45, 2.75) is 239 Å². The third kappa shape index (κ3) is 25.4. The van der Waals surface area contributed by atoms with E-state index >= 15 is 0 Å². The fourth-order valence-corrected chi connectivity index (χ4v) is 8.00. The van der Waals surface area contributed by atoms with Gasteiger partial charge in [-0.1, -0.05) is 243 Å². The molecule has 0 fully saturated rings. The normalized spacial score (nSPS) is 11.3. The summed E-state index contributed by atoms with van der Waals surface area (Å²) in [6, 6.07) is 11.5. The van der Waals surface area contributed by atoms with Crippen LogP contribution < -0.4 is 10.2 Å². The van der Waals surface area contributed by atoms with E-state index in [1.165, 1.54) is 193 Å². The largest absolute Gasteiger partial charge is 2.00 e. The Morgan fingerprint density at radius 3 is 0.808 bits per heavy atom. The summed E-state index contributed by atoms with van der Waals surface area (Å²) in [5.74, 6) is 0.196. The van der Waals surface area contributed by atoms with Crippen molar-refractivity contribution in [1.29, 1.82) is 0 Å². The molecule has 0 amide bonds. The van der Waals surface area contributed by atoms with Gasteiger partial charge in [-0.15, -0.1) is 11.5 Å². The Kier molecular flexibility index (Phi) is 34.1. The van der Waals surface area contributed by atoms with Gasteiger partial charge in [-0.3, -0.25) is 0 Å². The van der Waals surface area contributed by atoms with E-state index in [0.29, 0.717) is 6.42 Å². The molecule has 292 valence electrons. The van der Waals surface area contributed by atoms with Crippen LogP contribution in [0.2, 0.25) is 0 Å². The second-order valence-corrected chi connectivity index (χ2v) is 16.1. The topological polar surface area (TPSA) is 46.1 Å². The zero-order valence-corrected chi connectivity index (χ0v) is 36.9. The number of benzene rings is 2. The van der Waals surface area contributed by atoms with Crippen molar-refractivity contribution in [3.05, 3.63) is 58.7 Å². The van der Waals surface area contributed by atoms with Gasteiger partial charge < -0.3 is 10.2 Å². The standard InChI is InChI=1S/C49H84O2.Ca/c1-3-5-7-9-11-13-15-17-19-21-23-25-27-29-31-33-37-44-39-35-41-48(50)46(44)43-47-45(40-36-42-49(47)51)38-34-32-30-28-26-24-22-20-18-16-14-12-10-8-6-4-2;/h35-36,39-42,50-51H,3-34,37-38,43H2,1-2H3;/q;+2/p-2. The molecule has 0 aromatic heterocycles. The molecular formula is C49H82CaO2. The van der Waals surface area contributed by atoms with Gasteiger partial charge in [0.1, 0.15) is 0 Å². The van der Waals surface area contributed by atoms with Crippen LogP contribution in [0, 0.1) is 0 Å². The minimum absolute atomic E-state index is 0. The first-order valence-electron chi connectivity index (χ1n) is 22.7. The van der Waals surface area contributed by atoms with Crippen LogP contribution in [-0.4, -0.2) is 37.7 Å². The summed E-state index contributed by atoms with van der Waals surface area (Å²) in [4.78, 5) is 0. The van der Waals surface area contributed by atoms with E-state index in [2.05, 4.69) is 26.0 Å². The van der Waals surface area contributed by atoms with Crippen molar-refractivity contribution >= 4 is 37.7 Å². The summed E-state index contributed by atoms with van der Waals surface area (Å²) in [6.07, 6.45) is 46.1. The Morgan fingerprint density at radius 2 is 0.558 bits per heavy atom. The summed E-state index contributed by atoms with van der Waals surface area (Å²) in [5.41, 5.74) is 4.03. The van der Waals surface area contributed by atoms with Gasteiger partial charge in [0.2, 0.25) is 0 Å². The average Bonchev–Trinajstić information content (AvgIpc) is 3.13. The first kappa shape index (κ1) is 49.3. The fraction of sp³-hybridized carbons (Fsp3) is 0.755. The van der Waals surface area contributed by atoms with E-state index in [4.69, 9.17) is 0 Å². The van der Waals surface area contributed by atoms with Crippen molar-refractivity contribution in [2.75, 3.05) is 0 Å². The molecule has 0 atom stereocenters. The molecule has 0 aliphatic carbocycles. The van der Waals surface area contributed by atoms with Crippen LogP contribution in [0.4, 0.5) is 0 Å². The van der Waals surface area contributed by atoms with E-state index in [0.717, 1.165) is 47.9 Å². The summed E-state index contributed by atoms with van der Waals surface area (Å²) in [7, 11) is 0. The molecule has 0 radical (unpaired) electrons. The van der Waals surface area contributed by atoms with Gasteiger partial charge in [0.15, 0.2) is 0 Å². The number of hydrogen-bond acceptors (Lipinski definition) is 2. The molecule has 0 unspecified atom stereocenters. The molecule has 0 saturated carbocycles. The Bertz CT molecular complexity index is 982. The molecular weight excluding hydrogens is 661 g/mol. The number of rotatable bonds is 36. The van der Waals surface area contributed by atoms with Crippen LogP contribution in [0.25, 0.3) is 0 Å². The molecule has 3 heteroatoms. The van der Waals surface area contributed by atoms with Gasteiger partial charge >= 0.3 is 37.7 Å². The van der Waals surface area contributed by atoms with Crippen molar-refractivity contribution in [3.8, 4) is 11.5 Å². The van der Waals surface area contributed by atoms with Crippen molar-refractivity contribution < 1.29 is 10.2 Å². The maximum absolute atomic E-state index is 13.1. The summed E-state index contributed by atoms with van der Waals surface area (Å²) in [6.45, 7) is 4.58. The summed E-state index contributed by atoms with van der Waals surface area (Å²) < 4.78 is 0. The third-order valence-electron chi connectivity index (χ3n) is 11.4. The second-order valence-electron chi connectivity index (χ2n) is 16.1. The average molecular weight is 743 g/mol. The van der Waals surface area contributed by atoms with Crippen molar-refractivity contribution in [2.24, 2.45) is 0 Å². The Morgan fingerprint density at radius 1 is 0.327 bits per heavy atom. The predicted molar refractivity (Wildman–Crippen MR) is 227 cm³/mol. The number of aryl methyl sites for hydroxylation is 2. The zero-order valence-electron chi connectivity index (χ0n) is 34.7. The minimum atomic E-state index is 0. The molecule has 0 spiro atoms. The van der Waals surface area contributed by atoms with Crippen molar-refractivity contribution in [1.82, 2.24) is 0 Å². The van der Waals surface area contributed by atoms with Gasteiger partial charge in [0, 0.05) is 0 Å². The first-order chi connectivity index (χ1) is 25.2. The molecule has 0 aliphatic rings.